The normalized spacial score (nSPS) is 16.0. The average molecular weight is 141 g/mol. The number of nitrogens with one attached hydrogen (secondary N) is 2. The van der Waals surface area contributed by atoms with Gasteiger partial charge in [-0.1, -0.05) is 5.16 Å². The molecule has 1 aliphatic heterocycles. The highest BCUT2D eigenvalue weighted by Gasteiger charge is 1.91. The predicted molar refractivity (Wildman–Crippen MR) is 37.1 cm³/mol. The third-order valence-electron chi connectivity index (χ3n) is 1.08. The van der Waals surface area contributed by atoms with Crippen molar-refractivity contribution in [3.63, 3.8) is 0 Å². The van der Waals surface area contributed by atoms with Gasteiger partial charge >= 0.3 is 0 Å². The van der Waals surface area contributed by atoms with Crippen LogP contribution in [-0.4, -0.2) is 18.2 Å². The van der Waals surface area contributed by atoms with Crippen LogP contribution in [0.1, 0.15) is 6.42 Å². The van der Waals surface area contributed by atoms with Crippen molar-refractivity contribution in [2.24, 2.45) is 0 Å². The number of nitrogens with zero attached hydrogens (tertiary/aromatic N) is 1. The molecule has 2 heterocycles. The number of rotatable bonds is 0. The minimum Gasteiger partial charge on any atom is -0.365 e. The summed E-state index contributed by atoms with van der Waals surface area (Å²) in [5.74, 6) is 0. The van der Waals surface area contributed by atoms with Gasteiger partial charge in [-0.2, -0.15) is 0 Å². The van der Waals surface area contributed by atoms with Crippen LogP contribution in [0.2, 0.25) is 0 Å². The van der Waals surface area contributed by atoms with Crippen molar-refractivity contribution in [1.82, 2.24) is 16.0 Å². The molecule has 0 spiro atoms. The van der Waals surface area contributed by atoms with E-state index in [2.05, 4.69) is 20.5 Å². The van der Waals surface area contributed by atoms with Gasteiger partial charge in [-0.15, -0.1) is 0 Å². The molecule has 2 N–H and O–H groups in total. The van der Waals surface area contributed by atoms with E-state index in [1.807, 2.05) is 0 Å². The summed E-state index contributed by atoms with van der Waals surface area (Å²) in [6.45, 7) is 2.28. The zero-order valence-electron chi connectivity index (χ0n) is 5.71. The lowest BCUT2D eigenvalue weighted by Crippen LogP contribution is -2.21. The number of aromatic nitrogens is 1. The van der Waals surface area contributed by atoms with Crippen LogP contribution < -0.4 is 10.9 Å². The smallest absolute Gasteiger partial charge is 0.123 e. The number of hydrazine groups is 1. The summed E-state index contributed by atoms with van der Waals surface area (Å²) in [5.41, 5.74) is 5.94. The SMILES string of the molecule is C1CNNC1.c1cnoc1. The van der Waals surface area contributed by atoms with Gasteiger partial charge < -0.3 is 4.52 Å². The molecular weight excluding hydrogens is 130 g/mol. The van der Waals surface area contributed by atoms with Crippen LogP contribution in [0.3, 0.4) is 0 Å². The fourth-order valence-electron chi connectivity index (χ4n) is 0.618. The Morgan fingerprint density at radius 2 is 2.10 bits per heavy atom. The first-order valence-electron chi connectivity index (χ1n) is 3.30. The highest BCUT2D eigenvalue weighted by molar-refractivity contribution is 4.67. The number of hydrogen-bond acceptors (Lipinski definition) is 4. The molecule has 0 unspecified atom stereocenters. The van der Waals surface area contributed by atoms with Crippen molar-refractivity contribution in [3.8, 4) is 0 Å². The van der Waals surface area contributed by atoms with Crippen molar-refractivity contribution in [1.29, 1.82) is 0 Å². The third-order valence-corrected chi connectivity index (χ3v) is 1.08. The van der Waals surface area contributed by atoms with Gasteiger partial charge in [0.25, 0.3) is 0 Å². The highest BCUT2D eigenvalue weighted by Crippen LogP contribution is 1.74. The van der Waals surface area contributed by atoms with Gasteiger partial charge in [-0.25, -0.2) is 0 Å². The summed E-state index contributed by atoms with van der Waals surface area (Å²) < 4.78 is 4.33. The van der Waals surface area contributed by atoms with E-state index in [0.717, 1.165) is 13.1 Å². The van der Waals surface area contributed by atoms with E-state index in [0.29, 0.717) is 0 Å². The molecular formula is C6H11N3O. The molecule has 1 fully saturated rings. The van der Waals surface area contributed by atoms with Crippen LogP contribution in [0, 0.1) is 0 Å². The maximum absolute atomic E-state index is 4.33. The molecule has 4 heteroatoms. The fourth-order valence-corrected chi connectivity index (χ4v) is 0.618. The van der Waals surface area contributed by atoms with Gasteiger partial charge in [0.1, 0.15) is 6.26 Å². The second-order valence-electron chi connectivity index (χ2n) is 1.90. The molecule has 0 saturated carbocycles. The molecule has 56 valence electrons. The summed E-state index contributed by atoms with van der Waals surface area (Å²) in [4.78, 5) is 0. The standard InChI is InChI=1S/C3H8N2.C3H3NO/c2*1-2-4-5-3-1/h4-5H,1-3H2;1-3H. The zero-order chi connectivity index (χ0) is 7.07. The van der Waals surface area contributed by atoms with Crippen LogP contribution in [0.15, 0.2) is 23.0 Å². The quantitative estimate of drug-likeness (QED) is 0.540. The minimum atomic E-state index is 1.14. The van der Waals surface area contributed by atoms with Crippen molar-refractivity contribution in [3.05, 3.63) is 18.5 Å². The molecule has 1 aliphatic rings. The van der Waals surface area contributed by atoms with Crippen LogP contribution in [0.4, 0.5) is 0 Å². The Hall–Kier alpha value is -0.870. The van der Waals surface area contributed by atoms with Crippen molar-refractivity contribution in [2.45, 2.75) is 6.42 Å². The molecule has 0 atom stereocenters. The van der Waals surface area contributed by atoms with Gasteiger partial charge in [0, 0.05) is 13.1 Å². The summed E-state index contributed by atoms with van der Waals surface area (Å²) >= 11 is 0. The van der Waals surface area contributed by atoms with E-state index in [1.165, 1.54) is 12.7 Å². The molecule has 10 heavy (non-hydrogen) atoms. The van der Waals surface area contributed by atoms with E-state index in [4.69, 9.17) is 0 Å². The first kappa shape index (κ1) is 7.24. The van der Waals surface area contributed by atoms with Crippen LogP contribution in [0.5, 0.6) is 0 Å². The molecule has 0 amide bonds. The Bertz CT molecular complexity index is 112. The third kappa shape index (κ3) is 3.21. The number of hydrogen-bond donors (Lipinski definition) is 2. The largest absolute Gasteiger partial charge is 0.365 e. The molecule has 0 aromatic carbocycles. The van der Waals surface area contributed by atoms with Gasteiger partial charge in [-0.3, -0.25) is 10.9 Å². The molecule has 1 saturated heterocycles. The summed E-state index contributed by atoms with van der Waals surface area (Å²) in [6, 6.07) is 1.72. The Balaban J connectivity index is 0.0000001000. The molecule has 1 aromatic rings. The van der Waals surface area contributed by atoms with Crippen LogP contribution >= 0.6 is 0 Å². The Labute approximate surface area is 59.6 Å². The first-order valence-corrected chi connectivity index (χ1v) is 3.30. The van der Waals surface area contributed by atoms with Gasteiger partial charge in [0.15, 0.2) is 0 Å². The molecule has 0 aliphatic carbocycles. The minimum absolute atomic E-state index is 1.14. The van der Waals surface area contributed by atoms with E-state index < -0.39 is 0 Å². The van der Waals surface area contributed by atoms with E-state index >= 15 is 0 Å². The van der Waals surface area contributed by atoms with Gasteiger partial charge in [0.2, 0.25) is 0 Å². The van der Waals surface area contributed by atoms with E-state index in [1.54, 1.807) is 12.3 Å². The summed E-state index contributed by atoms with van der Waals surface area (Å²) in [7, 11) is 0. The van der Waals surface area contributed by atoms with Crippen molar-refractivity contribution >= 4 is 0 Å². The fraction of sp³-hybridized carbons (Fsp3) is 0.500. The second kappa shape index (κ2) is 4.96. The van der Waals surface area contributed by atoms with Crippen LogP contribution in [-0.2, 0) is 0 Å². The second-order valence-corrected chi connectivity index (χ2v) is 1.90. The first-order chi connectivity index (χ1) is 5.00. The summed E-state index contributed by atoms with van der Waals surface area (Å²) in [6.07, 6.45) is 4.38. The molecule has 0 radical (unpaired) electrons. The monoisotopic (exact) mass is 141 g/mol. The molecule has 2 rings (SSSR count). The molecule has 4 nitrogen and oxygen atoms in total. The lowest BCUT2D eigenvalue weighted by molar-refractivity contribution is 0.420. The average Bonchev–Trinajstić information content (AvgIpc) is 2.67. The molecule has 0 bridgehead atoms. The predicted octanol–water partition coefficient (Wildman–Crippen LogP) is 0.159. The maximum Gasteiger partial charge on any atom is 0.123 e. The molecule has 1 aromatic heterocycles. The van der Waals surface area contributed by atoms with Crippen molar-refractivity contribution in [2.75, 3.05) is 13.1 Å². The van der Waals surface area contributed by atoms with E-state index in [9.17, 15) is 0 Å². The zero-order valence-corrected chi connectivity index (χ0v) is 5.71. The summed E-state index contributed by atoms with van der Waals surface area (Å²) in [5, 5.41) is 3.35. The maximum atomic E-state index is 4.33. The lowest BCUT2D eigenvalue weighted by Gasteiger charge is -1.81. The van der Waals surface area contributed by atoms with Crippen molar-refractivity contribution < 1.29 is 4.52 Å². The topological polar surface area (TPSA) is 50.1 Å². The highest BCUT2D eigenvalue weighted by atomic mass is 16.5. The Morgan fingerprint density at radius 3 is 2.30 bits per heavy atom. The van der Waals surface area contributed by atoms with Crippen LogP contribution in [0.25, 0.3) is 0 Å². The Morgan fingerprint density at radius 1 is 1.30 bits per heavy atom. The van der Waals surface area contributed by atoms with Gasteiger partial charge in [0.05, 0.1) is 6.20 Å². The Kier molecular flexibility index (Phi) is 3.59. The lowest BCUT2D eigenvalue weighted by atomic mass is 10.5. The van der Waals surface area contributed by atoms with E-state index in [-0.39, 0.29) is 0 Å². The van der Waals surface area contributed by atoms with Gasteiger partial charge in [-0.05, 0) is 12.5 Å².